The molecule has 0 fully saturated rings. The Morgan fingerprint density at radius 2 is 1.89 bits per heavy atom. The van der Waals surface area contributed by atoms with Crippen LogP contribution in [0.2, 0.25) is 0 Å². The van der Waals surface area contributed by atoms with Crippen LogP contribution < -0.4 is 9.64 Å². The van der Waals surface area contributed by atoms with Crippen molar-refractivity contribution in [2.75, 3.05) is 25.1 Å². The number of rotatable bonds is 6. The smallest absolute Gasteiger partial charge is 0.240 e. The number of ether oxygens (including phenoxy) is 1. The van der Waals surface area contributed by atoms with Gasteiger partial charge in [-0.25, -0.2) is 9.97 Å². The predicted molar refractivity (Wildman–Crippen MR) is 114 cm³/mol. The molecule has 2 heterocycles. The molecule has 0 aliphatic heterocycles. The highest BCUT2D eigenvalue weighted by Gasteiger charge is 2.16. The molecule has 4 aromatic rings. The lowest BCUT2D eigenvalue weighted by atomic mass is 10.00. The molecular weight excluding hydrogens is 370 g/mol. The van der Waals surface area contributed by atoms with Crippen molar-refractivity contribution in [3.8, 4) is 22.8 Å². The van der Waals surface area contributed by atoms with Gasteiger partial charge < -0.3 is 14.7 Å². The number of hydrogen-bond donors (Lipinski definition) is 1. The van der Waals surface area contributed by atoms with Gasteiger partial charge >= 0.3 is 0 Å². The van der Waals surface area contributed by atoms with Gasteiger partial charge in [0.2, 0.25) is 5.88 Å². The van der Waals surface area contributed by atoms with E-state index in [1.807, 2.05) is 47.7 Å². The van der Waals surface area contributed by atoms with Gasteiger partial charge in [-0.15, -0.1) is 11.3 Å². The summed E-state index contributed by atoms with van der Waals surface area (Å²) in [7, 11) is 1.94. The number of fused-ring (bicyclic) bond motifs is 1. The number of nitrogens with zero attached hydrogens (tertiary/aromatic N) is 3. The Hall–Kier alpha value is -2.96. The highest BCUT2D eigenvalue weighted by Crippen LogP contribution is 2.39. The quantitative estimate of drug-likeness (QED) is 0.507. The molecule has 2 aromatic carbocycles. The monoisotopic (exact) mass is 391 g/mol. The first kappa shape index (κ1) is 18.4. The Morgan fingerprint density at radius 1 is 1.07 bits per heavy atom. The number of hydrogen-bond acceptors (Lipinski definition) is 6. The molecule has 0 aliphatic carbocycles. The van der Waals surface area contributed by atoms with E-state index in [2.05, 4.69) is 35.1 Å². The van der Waals surface area contributed by atoms with Crippen molar-refractivity contribution in [2.24, 2.45) is 0 Å². The fourth-order valence-corrected chi connectivity index (χ4v) is 4.18. The van der Waals surface area contributed by atoms with Gasteiger partial charge in [0.05, 0.1) is 12.3 Å². The highest BCUT2D eigenvalue weighted by atomic mass is 32.1. The van der Waals surface area contributed by atoms with E-state index < -0.39 is 0 Å². The van der Waals surface area contributed by atoms with Crippen molar-refractivity contribution in [3.05, 3.63) is 65.8 Å². The fourth-order valence-electron chi connectivity index (χ4n) is 3.19. The minimum absolute atomic E-state index is 0.0910. The van der Waals surface area contributed by atoms with Gasteiger partial charge in [-0.2, -0.15) is 0 Å². The van der Waals surface area contributed by atoms with Crippen LogP contribution in [0.5, 0.6) is 11.6 Å². The van der Waals surface area contributed by atoms with Gasteiger partial charge in [-0.05, 0) is 29.7 Å². The van der Waals surface area contributed by atoms with Crippen LogP contribution in [0.4, 0.5) is 5.69 Å². The molecule has 5 nitrogen and oxygen atoms in total. The zero-order valence-corrected chi connectivity index (χ0v) is 16.6. The van der Waals surface area contributed by atoms with Gasteiger partial charge in [0, 0.05) is 19.0 Å². The van der Waals surface area contributed by atoms with Gasteiger partial charge in [0.15, 0.2) is 0 Å². The molecule has 142 valence electrons. The van der Waals surface area contributed by atoms with E-state index in [-0.39, 0.29) is 6.61 Å². The molecular formula is C22H21N3O2S. The molecule has 4 rings (SSSR count). The lowest BCUT2D eigenvalue weighted by Crippen LogP contribution is -2.20. The normalized spacial score (nSPS) is 11.0. The molecule has 1 N–H and O–H groups in total. The van der Waals surface area contributed by atoms with E-state index in [1.165, 1.54) is 6.33 Å². The second kappa shape index (κ2) is 7.96. The Morgan fingerprint density at radius 3 is 2.68 bits per heavy atom. The van der Waals surface area contributed by atoms with Crippen LogP contribution in [-0.2, 0) is 0 Å². The molecule has 0 atom stereocenters. The second-order valence-corrected chi connectivity index (χ2v) is 7.40. The molecule has 6 heteroatoms. The molecule has 0 unspecified atom stereocenters. The van der Waals surface area contributed by atoms with Crippen LogP contribution in [0.3, 0.4) is 0 Å². The minimum atomic E-state index is 0.0910. The molecule has 0 aliphatic rings. The highest BCUT2D eigenvalue weighted by molar-refractivity contribution is 7.18. The van der Waals surface area contributed by atoms with Crippen LogP contribution in [0.25, 0.3) is 21.3 Å². The summed E-state index contributed by atoms with van der Waals surface area (Å²) in [5, 5.41) is 11.2. The van der Waals surface area contributed by atoms with Gasteiger partial charge in [-0.1, -0.05) is 42.5 Å². The van der Waals surface area contributed by atoms with E-state index in [0.717, 1.165) is 38.3 Å². The predicted octanol–water partition coefficient (Wildman–Crippen LogP) is 4.89. The first-order chi connectivity index (χ1) is 13.7. The van der Waals surface area contributed by atoms with Crippen LogP contribution in [0, 0.1) is 6.92 Å². The van der Waals surface area contributed by atoms with Crippen LogP contribution in [0.1, 0.15) is 5.56 Å². The molecule has 0 amide bonds. The van der Waals surface area contributed by atoms with E-state index >= 15 is 0 Å². The average molecular weight is 391 g/mol. The fraction of sp³-hybridized carbons (Fsp3) is 0.182. The Labute approximate surface area is 167 Å². The molecule has 2 aromatic heterocycles. The summed E-state index contributed by atoms with van der Waals surface area (Å²) >= 11 is 1.55. The van der Waals surface area contributed by atoms with Gasteiger partial charge in [0.1, 0.15) is 22.3 Å². The summed E-state index contributed by atoms with van der Waals surface area (Å²) in [5.41, 5.74) is 5.16. The zero-order valence-electron chi connectivity index (χ0n) is 15.8. The van der Waals surface area contributed by atoms with Crippen molar-refractivity contribution < 1.29 is 9.84 Å². The van der Waals surface area contributed by atoms with E-state index in [0.29, 0.717) is 12.4 Å². The summed E-state index contributed by atoms with van der Waals surface area (Å²) in [4.78, 5) is 10.8. The second-order valence-electron chi connectivity index (χ2n) is 6.52. The van der Waals surface area contributed by atoms with Crippen molar-refractivity contribution >= 4 is 27.2 Å². The standard InChI is InChI=1S/C22H21N3O2S/c1-15-17(16-7-4-3-5-8-16)9-6-10-19(15)27-22-21-20(23-14-24-22)18(13-28-21)25(2)11-12-26/h3-10,13-14,26H,11-12H2,1-2H3. The van der Waals surface area contributed by atoms with E-state index in [4.69, 9.17) is 4.74 Å². The van der Waals surface area contributed by atoms with Crippen molar-refractivity contribution in [2.45, 2.75) is 6.92 Å². The molecule has 0 spiro atoms. The van der Waals surface area contributed by atoms with Gasteiger partial charge in [-0.3, -0.25) is 0 Å². The average Bonchev–Trinajstić information content (AvgIpc) is 3.16. The molecule has 0 bridgehead atoms. The molecule has 0 radical (unpaired) electrons. The molecule has 0 saturated carbocycles. The largest absolute Gasteiger partial charge is 0.437 e. The van der Waals surface area contributed by atoms with Crippen LogP contribution >= 0.6 is 11.3 Å². The van der Waals surface area contributed by atoms with Crippen LogP contribution in [-0.4, -0.2) is 35.3 Å². The van der Waals surface area contributed by atoms with E-state index in [1.54, 1.807) is 11.3 Å². The van der Waals surface area contributed by atoms with Gasteiger partial charge in [0.25, 0.3) is 0 Å². The van der Waals surface area contributed by atoms with Crippen LogP contribution in [0.15, 0.2) is 60.2 Å². The third-order valence-corrected chi connectivity index (χ3v) is 5.67. The molecule has 0 saturated heterocycles. The Bertz CT molecular complexity index is 1100. The number of benzene rings is 2. The number of aliphatic hydroxyl groups excluding tert-OH is 1. The van der Waals surface area contributed by atoms with E-state index in [9.17, 15) is 5.11 Å². The van der Waals surface area contributed by atoms with Crippen molar-refractivity contribution in [3.63, 3.8) is 0 Å². The summed E-state index contributed by atoms with van der Waals surface area (Å²) < 4.78 is 7.12. The SMILES string of the molecule is Cc1c(Oc2ncnc3c(N(C)CCO)csc23)cccc1-c1ccccc1. The number of anilines is 1. The van der Waals surface area contributed by atoms with Crippen molar-refractivity contribution in [1.82, 2.24) is 9.97 Å². The third kappa shape index (κ3) is 3.44. The number of aliphatic hydroxyl groups is 1. The molecule has 28 heavy (non-hydrogen) atoms. The first-order valence-corrected chi connectivity index (χ1v) is 9.94. The van der Waals surface area contributed by atoms with Crippen molar-refractivity contribution in [1.29, 1.82) is 0 Å². The number of thiophene rings is 1. The lowest BCUT2D eigenvalue weighted by molar-refractivity contribution is 0.304. The zero-order chi connectivity index (χ0) is 19.5. The Balaban J connectivity index is 1.71. The summed E-state index contributed by atoms with van der Waals surface area (Å²) in [6.45, 7) is 2.70. The minimum Gasteiger partial charge on any atom is -0.437 e. The number of likely N-dealkylation sites (N-methyl/N-ethyl adjacent to an activating group) is 1. The maximum absolute atomic E-state index is 9.21. The topological polar surface area (TPSA) is 58.5 Å². The summed E-state index contributed by atoms with van der Waals surface area (Å²) in [6, 6.07) is 16.3. The Kier molecular flexibility index (Phi) is 5.23. The summed E-state index contributed by atoms with van der Waals surface area (Å²) in [5.74, 6) is 1.33. The number of aromatic nitrogens is 2. The third-order valence-electron chi connectivity index (χ3n) is 4.72. The lowest BCUT2D eigenvalue weighted by Gasteiger charge is -2.16. The summed E-state index contributed by atoms with van der Waals surface area (Å²) in [6.07, 6.45) is 1.52. The maximum atomic E-state index is 9.21. The first-order valence-electron chi connectivity index (χ1n) is 9.06. The maximum Gasteiger partial charge on any atom is 0.240 e.